The molecule has 0 aliphatic carbocycles. The van der Waals surface area contributed by atoms with Crippen LogP contribution in [0.3, 0.4) is 0 Å². The number of nitrogens with one attached hydrogen (secondary N) is 1. The van der Waals surface area contributed by atoms with Gasteiger partial charge in [-0.15, -0.1) is 0 Å². The molecule has 1 aromatic rings. The maximum atomic E-state index is 12.3. The Morgan fingerprint density at radius 1 is 1.35 bits per heavy atom. The first-order valence-electron chi connectivity index (χ1n) is 5.66. The van der Waals surface area contributed by atoms with E-state index in [2.05, 4.69) is 10.3 Å². The number of pyridine rings is 1. The van der Waals surface area contributed by atoms with Gasteiger partial charge in [0.25, 0.3) is 0 Å². The summed E-state index contributed by atoms with van der Waals surface area (Å²) in [6.45, 7) is 4.98. The van der Waals surface area contributed by atoms with Gasteiger partial charge in [-0.1, -0.05) is 0 Å². The van der Waals surface area contributed by atoms with Gasteiger partial charge in [-0.2, -0.15) is 4.31 Å². The quantitative estimate of drug-likeness (QED) is 0.833. The van der Waals surface area contributed by atoms with E-state index < -0.39 is 10.0 Å². The summed E-state index contributed by atoms with van der Waals surface area (Å²) in [5.74, 6) is 0. The average Bonchev–Trinajstić information content (AvgIpc) is 2.29. The third kappa shape index (κ3) is 2.65. The van der Waals surface area contributed by atoms with Crippen LogP contribution in [0.4, 0.5) is 0 Å². The molecular formula is C11H17N3O2S. The first kappa shape index (κ1) is 12.5. The zero-order chi connectivity index (χ0) is 12.5. The topological polar surface area (TPSA) is 62.3 Å². The van der Waals surface area contributed by atoms with Gasteiger partial charge in [0.1, 0.15) is 4.90 Å². The summed E-state index contributed by atoms with van der Waals surface area (Å²) in [4.78, 5) is 4.13. The Bertz CT molecular complexity index is 465. The second-order valence-corrected chi connectivity index (χ2v) is 6.42. The summed E-state index contributed by atoms with van der Waals surface area (Å²) in [5, 5.41) is 3.31. The molecular weight excluding hydrogens is 238 g/mol. The molecule has 0 spiro atoms. The fourth-order valence-electron chi connectivity index (χ4n) is 2.12. The minimum atomic E-state index is -3.40. The lowest BCUT2D eigenvalue weighted by atomic mass is 10.2. The van der Waals surface area contributed by atoms with E-state index in [9.17, 15) is 8.42 Å². The molecule has 0 saturated carbocycles. The molecule has 5 nitrogen and oxygen atoms in total. The van der Waals surface area contributed by atoms with Crippen LogP contribution >= 0.6 is 0 Å². The molecule has 2 atom stereocenters. The van der Waals surface area contributed by atoms with Gasteiger partial charge >= 0.3 is 0 Å². The molecule has 1 aliphatic heterocycles. The van der Waals surface area contributed by atoms with E-state index in [4.69, 9.17) is 0 Å². The minimum absolute atomic E-state index is 0.171. The largest absolute Gasteiger partial charge is 0.309 e. The number of hydrogen-bond donors (Lipinski definition) is 1. The number of hydrogen-bond acceptors (Lipinski definition) is 4. The second kappa shape index (κ2) is 4.72. The SMILES string of the molecule is C[C@H]1CN(S(=O)(=O)c2cccnc2)C[C@H](C)N1. The zero-order valence-electron chi connectivity index (χ0n) is 10.00. The van der Waals surface area contributed by atoms with Crippen molar-refractivity contribution in [3.63, 3.8) is 0 Å². The van der Waals surface area contributed by atoms with Crippen LogP contribution in [0.5, 0.6) is 0 Å². The van der Waals surface area contributed by atoms with Crippen molar-refractivity contribution < 1.29 is 8.42 Å². The van der Waals surface area contributed by atoms with Gasteiger partial charge in [0, 0.05) is 37.6 Å². The van der Waals surface area contributed by atoms with Crippen molar-refractivity contribution in [3.05, 3.63) is 24.5 Å². The highest BCUT2D eigenvalue weighted by Crippen LogP contribution is 2.17. The van der Waals surface area contributed by atoms with Crippen molar-refractivity contribution in [1.29, 1.82) is 0 Å². The van der Waals surface area contributed by atoms with E-state index in [-0.39, 0.29) is 17.0 Å². The van der Waals surface area contributed by atoms with Crippen molar-refractivity contribution in [1.82, 2.24) is 14.6 Å². The van der Waals surface area contributed by atoms with Crippen LogP contribution in [0.25, 0.3) is 0 Å². The molecule has 1 N–H and O–H groups in total. The standard InChI is InChI=1S/C11H17N3O2S/c1-9-7-14(8-10(2)13-9)17(15,16)11-4-3-5-12-6-11/h3-6,9-10,13H,7-8H2,1-2H3/t9-,10-/m0/s1. The summed E-state index contributed by atoms with van der Waals surface area (Å²) in [6.07, 6.45) is 2.97. The maximum Gasteiger partial charge on any atom is 0.244 e. The van der Waals surface area contributed by atoms with Crippen LogP contribution in [0, 0.1) is 0 Å². The van der Waals surface area contributed by atoms with Gasteiger partial charge < -0.3 is 5.32 Å². The van der Waals surface area contributed by atoms with E-state index in [1.807, 2.05) is 13.8 Å². The van der Waals surface area contributed by atoms with Gasteiger partial charge in [0.2, 0.25) is 10.0 Å². The zero-order valence-corrected chi connectivity index (χ0v) is 10.8. The lowest BCUT2D eigenvalue weighted by Gasteiger charge is -2.35. The lowest BCUT2D eigenvalue weighted by molar-refractivity contribution is 0.263. The third-order valence-electron chi connectivity index (χ3n) is 2.80. The monoisotopic (exact) mass is 255 g/mol. The van der Waals surface area contributed by atoms with Gasteiger partial charge in [0.15, 0.2) is 0 Å². The lowest BCUT2D eigenvalue weighted by Crippen LogP contribution is -2.55. The minimum Gasteiger partial charge on any atom is -0.309 e. The molecule has 1 fully saturated rings. The van der Waals surface area contributed by atoms with Crippen molar-refractivity contribution in [2.75, 3.05) is 13.1 Å². The Morgan fingerprint density at radius 2 is 2.00 bits per heavy atom. The van der Waals surface area contributed by atoms with E-state index in [0.717, 1.165) is 0 Å². The molecule has 0 amide bonds. The average molecular weight is 255 g/mol. The van der Waals surface area contributed by atoms with Crippen LogP contribution < -0.4 is 5.32 Å². The van der Waals surface area contributed by atoms with Crippen molar-refractivity contribution in [2.24, 2.45) is 0 Å². The third-order valence-corrected chi connectivity index (χ3v) is 4.61. The van der Waals surface area contributed by atoms with E-state index in [0.29, 0.717) is 13.1 Å². The number of rotatable bonds is 2. The van der Waals surface area contributed by atoms with E-state index in [1.165, 1.54) is 10.5 Å². The van der Waals surface area contributed by atoms with Crippen molar-refractivity contribution in [2.45, 2.75) is 30.8 Å². The Hall–Kier alpha value is -0.980. The highest BCUT2D eigenvalue weighted by Gasteiger charge is 2.31. The Kier molecular flexibility index (Phi) is 3.46. The summed E-state index contributed by atoms with van der Waals surface area (Å²) in [6, 6.07) is 3.57. The molecule has 2 rings (SSSR count). The van der Waals surface area contributed by atoms with Crippen LogP contribution in [0.15, 0.2) is 29.4 Å². The number of piperazine rings is 1. The number of nitrogens with zero attached hydrogens (tertiary/aromatic N) is 2. The van der Waals surface area contributed by atoms with Gasteiger partial charge in [0.05, 0.1) is 0 Å². The van der Waals surface area contributed by atoms with Crippen LogP contribution in [-0.4, -0.2) is 42.9 Å². The summed E-state index contributed by atoms with van der Waals surface area (Å²) in [5.41, 5.74) is 0. The number of sulfonamides is 1. The number of aromatic nitrogens is 1. The molecule has 2 heterocycles. The summed E-state index contributed by atoms with van der Waals surface area (Å²) >= 11 is 0. The van der Waals surface area contributed by atoms with Crippen LogP contribution in [0.2, 0.25) is 0 Å². The fourth-order valence-corrected chi connectivity index (χ4v) is 3.70. The molecule has 0 aromatic carbocycles. The maximum absolute atomic E-state index is 12.3. The smallest absolute Gasteiger partial charge is 0.244 e. The van der Waals surface area contributed by atoms with Gasteiger partial charge in [-0.05, 0) is 26.0 Å². The molecule has 1 aliphatic rings. The Morgan fingerprint density at radius 3 is 2.53 bits per heavy atom. The predicted molar refractivity (Wildman–Crippen MR) is 65.1 cm³/mol. The van der Waals surface area contributed by atoms with Crippen molar-refractivity contribution >= 4 is 10.0 Å². The molecule has 17 heavy (non-hydrogen) atoms. The van der Waals surface area contributed by atoms with E-state index in [1.54, 1.807) is 18.3 Å². The highest BCUT2D eigenvalue weighted by molar-refractivity contribution is 7.89. The Balaban J connectivity index is 2.27. The first-order valence-corrected chi connectivity index (χ1v) is 7.10. The van der Waals surface area contributed by atoms with Crippen molar-refractivity contribution in [3.8, 4) is 0 Å². The summed E-state index contributed by atoms with van der Waals surface area (Å²) in [7, 11) is -3.40. The molecule has 0 unspecified atom stereocenters. The van der Waals surface area contributed by atoms with Crippen LogP contribution in [-0.2, 0) is 10.0 Å². The van der Waals surface area contributed by atoms with Gasteiger partial charge in [-0.25, -0.2) is 8.42 Å². The fraction of sp³-hybridized carbons (Fsp3) is 0.545. The molecule has 0 bridgehead atoms. The molecule has 94 valence electrons. The Labute approximate surface area is 102 Å². The molecule has 0 radical (unpaired) electrons. The van der Waals surface area contributed by atoms with Gasteiger partial charge in [-0.3, -0.25) is 4.98 Å². The first-order chi connectivity index (χ1) is 8.00. The molecule has 1 saturated heterocycles. The molecule has 1 aromatic heterocycles. The molecule has 6 heteroatoms. The normalized spacial score (nSPS) is 26.9. The second-order valence-electron chi connectivity index (χ2n) is 4.48. The predicted octanol–water partition coefficient (Wildman–Crippen LogP) is 0.453. The van der Waals surface area contributed by atoms with E-state index >= 15 is 0 Å². The van der Waals surface area contributed by atoms with Crippen LogP contribution in [0.1, 0.15) is 13.8 Å². The highest BCUT2D eigenvalue weighted by atomic mass is 32.2. The summed E-state index contributed by atoms with van der Waals surface area (Å²) < 4.78 is 26.2.